The molecule has 0 rings (SSSR count). The van der Waals surface area contributed by atoms with E-state index in [0.29, 0.717) is 6.54 Å². The predicted octanol–water partition coefficient (Wildman–Crippen LogP) is 0.402. The molecule has 0 spiro atoms. The average Bonchev–Trinajstić information content (AvgIpc) is 0.918. The van der Waals surface area contributed by atoms with Crippen LogP contribution in [-0.2, 0) is 0 Å². The maximum atomic E-state index is 6.21. The molecule has 4 heavy (non-hydrogen) atoms. The molecule has 0 aromatic carbocycles. The zero-order valence-corrected chi connectivity index (χ0v) is 3.71. The second-order valence-corrected chi connectivity index (χ2v) is 0.354. The SMILES string of the molecule is CC[NH].S. The van der Waals surface area contributed by atoms with Gasteiger partial charge >= 0.3 is 0 Å². The first-order valence-corrected chi connectivity index (χ1v) is 1.06. The number of rotatable bonds is 0. The summed E-state index contributed by atoms with van der Waals surface area (Å²) in [6, 6.07) is 0. The Hall–Kier alpha value is 0.310. The molecule has 0 bridgehead atoms. The maximum absolute atomic E-state index is 6.21. The Kier molecular flexibility index (Phi) is 22.8. The zero-order chi connectivity index (χ0) is 2.71. The first-order chi connectivity index (χ1) is 1.41. The highest BCUT2D eigenvalue weighted by molar-refractivity contribution is 7.59. The monoisotopic (exact) mass is 78.0 g/mol. The summed E-state index contributed by atoms with van der Waals surface area (Å²) < 4.78 is 0. The highest BCUT2D eigenvalue weighted by Gasteiger charge is 1.35. The molecule has 2 heteroatoms. The van der Waals surface area contributed by atoms with Gasteiger partial charge in [0, 0.05) is 6.54 Å². The van der Waals surface area contributed by atoms with E-state index in [1.807, 2.05) is 0 Å². The van der Waals surface area contributed by atoms with Crippen LogP contribution in [0.2, 0.25) is 0 Å². The van der Waals surface area contributed by atoms with Gasteiger partial charge in [0.1, 0.15) is 0 Å². The van der Waals surface area contributed by atoms with Crippen molar-refractivity contribution < 1.29 is 0 Å². The molecule has 1 nitrogen and oxygen atoms in total. The number of hydrogen-bond acceptors (Lipinski definition) is 0. The third kappa shape index (κ3) is 41.3. The van der Waals surface area contributed by atoms with Gasteiger partial charge in [0.15, 0.2) is 0 Å². The summed E-state index contributed by atoms with van der Waals surface area (Å²) in [5, 5.41) is 0. The van der Waals surface area contributed by atoms with E-state index in [4.69, 9.17) is 5.73 Å². The number of nitrogens with one attached hydrogen (secondary N) is 1. The van der Waals surface area contributed by atoms with Crippen molar-refractivity contribution in [1.29, 1.82) is 0 Å². The Labute approximate surface area is 33.6 Å². The predicted molar refractivity (Wildman–Crippen MR) is 24.0 cm³/mol. The lowest BCUT2D eigenvalue weighted by Gasteiger charge is -1.49. The highest BCUT2D eigenvalue weighted by atomic mass is 32.1. The molecule has 0 saturated heterocycles. The highest BCUT2D eigenvalue weighted by Crippen LogP contribution is 1.26. The molecule has 27 valence electrons. The van der Waals surface area contributed by atoms with Gasteiger partial charge in [-0.1, -0.05) is 6.92 Å². The molecule has 0 atom stereocenters. The molecule has 0 amide bonds. The van der Waals surface area contributed by atoms with Gasteiger partial charge < -0.3 is 0 Å². The third-order valence-electron chi connectivity index (χ3n) is 0. The van der Waals surface area contributed by atoms with E-state index < -0.39 is 0 Å². The van der Waals surface area contributed by atoms with Crippen LogP contribution in [0.15, 0.2) is 0 Å². The lowest BCUT2D eigenvalue weighted by molar-refractivity contribution is 1.09. The normalized spacial score (nSPS) is 4.50. The van der Waals surface area contributed by atoms with Crippen molar-refractivity contribution >= 4 is 13.5 Å². The fraction of sp³-hybridized carbons (Fsp3) is 1.00. The van der Waals surface area contributed by atoms with E-state index in [0.717, 1.165) is 0 Å². The van der Waals surface area contributed by atoms with Crippen LogP contribution < -0.4 is 5.73 Å². The summed E-state index contributed by atoms with van der Waals surface area (Å²) in [6.07, 6.45) is 0. The van der Waals surface area contributed by atoms with Crippen LogP contribution >= 0.6 is 13.5 Å². The van der Waals surface area contributed by atoms with E-state index in [1.165, 1.54) is 0 Å². The Morgan fingerprint density at radius 2 is 1.75 bits per heavy atom. The zero-order valence-electron chi connectivity index (χ0n) is 2.71. The quantitative estimate of drug-likeness (QED) is 0.400. The van der Waals surface area contributed by atoms with Gasteiger partial charge in [0.05, 0.1) is 0 Å². The second-order valence-electron chi connectivity index (χ2n) is 0.354. The van der Waals surface area contributed by atoms with Crippen LogP contribution in [0.25, 0.3) is 0 Å². The maximum Gasteiger partial charge on any atom is 0.00713 e. The molecule has 0 heterocycles. The van der Waals surface area contributed by atoms with Crippen LogP contribution in [-0.4, -0.2) is 6.54 Å². The molecule has 0 aliphatic carbocycles. The summed E-state index contributed by atoms with van der Waals surface area (Å²) in [7, 11) is 0. The summed E-state index contributed by atoms with van der Waals surface area (Å²) >= 11 is 0. The molecular weight excluding hydrogens is 70.1 g/mol. The first kappa shape index (κ1) is 8.85. The standard InChI is InChI=1S/C2H6N.H2S/c1-2-3;/h3H,2H2,1H3;1H2. The molecule has 0 unspecified atom stereocenters. The number of hydrogen-bond donors (Lipinski definition) is 0. The van der Waals surface area contributed by atoms with E-state index >= 15 is 0 Å². The Morgan fingerprint density at radius 1 is 1.75 bits per heavy atom. The first-order valence-electron chi connectivity index (χ1n) is 1.06. The van der Waals surface area contributed by atoms with E-state index in [9.17, 15) is 0 Å². The van der Waals surface area contributed by atoms with Crippen LogP contribution in [0.3, 0.4) is 0 Å². The van der Waals surface area contributed by atoms with Gasteiger partial charge in [0.25, 0.3) is 0 Å². The van der Waals surface area contributed by atoms with Gasteiger partial charge in [-0.05, 0) is 0 Å². The summed E-state index contributed by atoms with van der Waals surface area (Å²) in [4.78, 5) is 0. The molecule has 0 aromatic rings. The van der Waals surface area contributed by atoms with Crippen molar-refractivity contribution in [3.8, 4) is 0 Å². The lowest BCUT2D eigenvalue weighted by atomic mass is 10.8. The van der Waals surface area contributed by atoms with Crippen LogP contribution in [0, 0.1) is 0 Å². The Morgan fingerprint density at radius 3 is 1.75 bits per heavy atom. The van der Waals surface area contributed by atoms with Crippen LogP contribution in [0.1, 0.15) is 6.92 Å². The van der Waals surface area contributed by atoms with Crippen molar-refractivity contribution in [1.82, 2.24) is 5.73 Å². The van der Waals surface area contributed by atoms with Gasteiger partial charge in [-0.15, -0.1) is 0 Å². The topological polar surface area (TPSA) is 23.8 Å². The molecule has 1 N–H and O–H groups in total. The molecule has 0 saturated carbocycles. The van der Waals surface area contributed by atoms with E-state index in [1.54, 1.807) is 6.92 Å². The van der Waals surface area contributed by atoms with E-state index in [2.05, 4.69) is 0 Å². The minimum atomic E-state index is 0. The molecule has 0 aliphatic rings. The van der Waals surface area contributed by atoms with Gasteiger partial charge in [-0.25, -0.2) is 0 Å². The minimum Gasteiger partial charge on any atom is -0.258 e. The van der Waals surface area contributed by atoms with Crippen molar-refractivity contribution in [2.75, 3.05) is 6.54 Å². The fourth-order valence-electron chi connectivity index (χ4n) is 0. The lowest BCUT2D eigenvalue weighted by Crippen LogP contribution is -1.63. The molecule has 0 aromatic heterocycles. The second kappa shape index (κ2) is 10.3. The summed E-state index contributed by atoms with van der Waals surface area (Å²) in [6.45, 7) is 2.29. The van der Waals surface area contributed by atoms with Crippen LogP contribution in [0.5, 0.6) is 0 Å². The smallest absolute Gasteiger partial charge is 0.00713 e. The Bertz CT molecular complexity index is 6.00. The Balaban J connectivity index is 0. The summed E-state index contributed by atoms with van der Waals surface area (Å²) in [5.74, 6) is 0. The van der Waals surface area contributed by atoms with Gasteiger partial charge in [-0.2, -0.15) is 13.5 Å². The minimum absolute atomic E-state index is 0. The van der Waals surface area contributed by atoms with Crippen LogP contribution in [0.4, 0.5) is 0 Å². The molecule has 0 aliphatic heterocycles. The summed E-state index contributed by atoms with van der Waals surface area (Å²) in [5.41, 5.74) is 6.21. The molecular formula is C2H8NS. The van der Waals surface area contributed by atoms with Crippen molar-refractivity contribution in [2.45, 2.75) is 6.92 Å². The average molecular weight is 78.2 g/mol. The fourth-order valence-corrected chi connectivity index (χ4v) is 0. The molecule has 1 radical (unpaired) electrons. The van der Waals surface area contributed by atoms with Crippen molar-refractivity contribution in [2.24, 2.45) is 0 Å². The molecule has 0 fully saturated rings. The third-order valence-corrected chi connectivity index (χ3v) is 0. The van der Waals surface area contributed by atoms with Gasteiger partial charge in [0.2, 0.25) is 0 Å². The van der Waals surface area contributed by atoms with Gasteiger partial charge in [-0.3, -0.25) is 5.73 Å². The van der Waals surface area contributed by atoms with Crippen molar-refractivity contribution in [3.05, 3.63) is 0 Å². The van der Waals surface area contributed by atoms with Crippen molar-refractivity contribution in [3.63, 3.8) is 0 Å². The van der Waals surface area contributed by atoms with E-state index in [-0.39, 0.29) is 13.5 Å². The largest absolute Gasteiger partial charge is 0.258 e.